The Kier molecular flexibility index (Phi) is 9.22. The highest BCUT2D eigenvalue weighted by Gasteiger charge is 2.34. The number of aromatic hydroxyl groups is 1. The van der Waals surface area contributed by atoms with Gasteiger partial charge < -0.3 is 21.5 Å². The van der Waals surface area contributed by atoms with Crippen molar-refractivity contribution in [2.24, 2.45) is 17.6 Å². The second-order valence-corrected chi connectivity index (χ2v) is 9.04. The van der Waals surface area contributed by atoms with Crippen molar-refractivity contribution in [3.05, 3.63) is 29.8 Å². The molecule has 1 fully saturated rings. The summed E-state index contributed by atoms with van der Waals surface area (Å²) in [6.45, 7) is 7.43. The van der Waals surface area contributed by atoms with Gasteiger partial charge in [0.25, 0.3) is 5.91 Å². The van der Waals surface area contributed by atoms with E-state index in [0.29, 0.717) is 24.9 Å². The molecule has 10 heteroatoms. The van der Waals surface area contributed by atoms with Crippen molar-refractivity contribution in [3.8, 4) is 5.75 Å². The first kappa shape index (κ1) is 26.1. The Morgan fingerprint density at radius 3 is 2.42 bits per heavy atom. The maximum atomic E-state index is 13.4. The van der Waals surface area contributed by atoms with Crippen LogP contribution in [0, 0.1) is 11.8 Å². The Bertz CT molecular complexity index is 873. The predicted molar refractivity (Wildman–Crippen MR) is 122 cm³/mol. The summed E-state index contributed by atoms with van der Waals surface area (Å²) in [7, 11) is 0. The van der Waals surface area contributed by atoms with Crippen LogP contribution in [0.5, 0.6) is 5.75 Å². The molecule has 10 nitrogen and oxygen atoms in total. The van der Waals surface area contributed by atoms with E-state index in [9.17, 15) is 24.3 Å². The number of rotatable bonds is 9. The molecule has 4 amide bonds. The number of hydrogen-bond donors (Lipinski definition) is 5. The zero-order valence-electron chi connectivity index (χ0n) is 19.6. The van der Waals surface area contributed by atoms with Crippen molar-refractivity contribution in [1.82, 2.24) is 21.1 Å². The molecule has 1 aromatic rings. The molecule has 182 valence electrons. The quantitative estimate of drug-likeness (QED) is 0.354. The molecule has 1 heterocycles. The average molecular weight is 462 g/mol. The number of nitrogens with one attached hydrogen (secondary N) is 3. The number of hydrogen-bond acceptors (Lipinski definition) is 6. The molecule has 0 aliphatic carbocycles. The van der Waals surface area contributed by atoms with E-state index in [1.807, 2.05) is 0 Å². The summed E-state index contributed by atoms with van der Waals surface area (Å²) in [5, 5.41) is 16.6. The highest BCUT2D eigenvalue weighted by atomic mass is 16.3. The largest absolute Gasteiger partial charge is 0.508 e. The third-order valence-electron chi connectivity index (χ3n) is 5.53. The zero-order valence-corrected chi connectivity index (χ0v) is 19.6. The van der Waals surface area contributed by atoms with Gasteiger partial charge in [-0.3, -0.25) is 24.2 Å². The van der Waals surface area contributed by atoms with Gasteiger partial charge in [0, 0.05) is 18.9 Å². The molecule has 1 aliphatic heterocycles. The van der Waals surface area contributed by atoms with E-state index in [0.717, 1.165) is 0 Å². The summed E-state index contributed by atoms with van der Waals surface area (Å²) in [5.74, 6) is -2.21. The molecule has 0 spiro atoms. The van der Waals surface area contributed by atoms with Gasteiger partial charge >= 0.3 is 0 Å². The van der Waals surface area contributed by atoms with Crippen LogP contribution in [0.1, 0.15) is 46.1 Å². The van der Waals surface area contributed by atoms with E-state index in [-0.39, 0.29) is 29.9 Å². The number of phenols is 1. The van der Waals surface area contributed by atoms with E-state index >= 15 is 0 Å². The molecule has 6 N–H and O–H groups in total. The number of primary amides is 1. The normalized spacial score (nSPS) is 18.0. The summed E-state index contributed by atoms with van der Waals surface area (Å²) < 4.78 is 0. The number of amides is 4. The first-order chi connectivity index (χ1) is 15.5. The number of carbonyl (C=O) groups is 4. The lowest BCUT2D eigenvalue weighted by molar-refractivity contribution is -0.143. The van der Waals surface area contributed by atoms with Crippen LogP contribution in [0.15, 0.2) is 24.3 Å². The molecule has 0 bridgehead atoms. The Labute approximate surface area is 194 Å². The number of nitrogens with two attached hydrogens (primary N) is 1. The Balaban J connectivity index is 2.25. The third-order valence-corrected chi connectivity index (χ3v) is 5.53. The van der Waals surface area contributed by atoms with Crippen molar-refractivity contribution in [1.29, 1.82) is 0 Å². The number of hydrazine groups is 1. The minimum atomic E-state index is -0.990. The van der Waals surface area contributed by atoms with Crippen LogP contribution < -0.4 is 21.8 Å². The molecule has 0 saturated carbocycles. The van der Waals surface area contributed by atoms with Crippen molar-refractivity contribution >= 4 is 23.6 Å². The lowest BCUT2D eigenvalue weighted by Crippen LogP contribution is -2.62. The maximum absolute atomic E-state index is 13.4. The lowest BCUT2D eigenvalue weighted by Gasteiger charge is -2.35. The summed E-state index contributed by atoms with van der Waals surface area (Å²) in [6.07, 6.45) is 1.21. The van der Waals surface area contributed by atoms with Crippen LogP contribution in [0.4, 0.5) is 0 Å². The van der Waals surface area contributed by atoms with Gasteiger partial charge in [-0.15, -0.1) is 0 Å². The van der Waals surface area contributed by atoms with Gasteiger partial charge in [0.2, 0.25) is 17.7 Å². The fourth-order valence-corrected chi connectivity index (χ4v) is 3.57. The minimum Gasteiger partial charge on any atom is -0.508 e. The summed E-state index contributed by atoms with van der Waals surface area (Å²) in [6, 6.07) is 3.93. The molecule has 2 rings (SSSR count). The van der Waals surface area contributed by atoms with Gasteiger partial charge in [0.1, 0.15) is 23.9 Å². The van der Waals surface area contributed by atoms with E-state index in [4.69, 9.17) is 5.73 Å². The molecule has 1 saturated heterocycles. The second-order valence-electron chi connectivity index (χ2n) is 9.04. The van der Waals surface area contributed by atoms with E-state index in [1.54, 1.807) is 39.8 Å². The van der Waals surface area contributed by atoms with Gasteiger partial charge in [-0.05, 0) is 36.5 Å². The van der Waals surface area contributed by atoms with Crippen molar-refractivity contribution in [2.75, 3.05) is 6.54 Å². The van der Waals surface area contributed by atoms with Crippen LogP contribution >= 0.6 is 0 Å². The Hall–Kier alpha value is -3.14. The molecule has 33 heavy (non-hydrogen) atoms. The fraction of sp³-hybridized carbons (Fsp3) is 0.565. The van der Waals surface area contributed by atoms with E-state index in [1.165, 1.54) is 17.1 Å². The van der Waals surface area contributed by atoms with Crippen LogP contribution in [-0.2, 0) is 25.6 Å². The van der Waals surface area contributed by atoms with Gasteiger partial charge in [-0.25, -0.2) is 5.43 Å². The topological polar surface area (TPSA) is 154 Å². The molecule has 3 atom stereocenters. The zero-order chi connectivity index (χ0) is 24.7. The standard InChI is InChI=1S/C23H35N5O5/c1-13(2)19(26-21(31)14(3)4)22(32)25-18(12-15-7-5-8-16(29)11-15)23(33)28-10-6-9-17(27-28)20(24)30/h5,7-8,11,13-14,17-19,27,29H,6,9-10,12H2,1-4H3,(H2,24,30)(H,25,32)(H,26,31). The molecular weight excluding hydrogens is 426 g/mol. The van der Waals surface area contributed by atoms with Gasteiger partial charge in [-0.2, -0.15) is 0 Å². The monoisotopic (exact) mass is 461 g/mol. The predicted octanol–water partition coefficient (Wildman–Crippen LogP) is 0.197. The smallest absolute Gasteiger partial charge is 0.259 e. The Morgan fingerprint density at radius 1 is 1.15 bits per heavy atom. The first-order valence-corrected chi connectivity index (χ1v) is 11.2. The van der Waals surface area contributed by atoms with Crippen molar-refractivity contribution in [2.45, 2.75) is 65.1 Å². The van der Waals surface area contributed by atoms with Gasteiger partial charge in [-0.1, -0.05) is 39.8 Å². The van der Waals surface area contributed by atoms with Crippen LogP contribution in [-0.4, -0.2) is 58.4 Å². The highest BCUT2D eigenvalue weighted by Crippen LogP contribution is 2.16. The molecule has 0 aromatic heterocycles. The number of nitrogens with zero attached hydrogens (tertiary/aromatic N) is 1. The number of phenolic OH excluding ortho intramolecular Hbond substituents is 1. The summed E-state index contributed by atoms with van der Waals surface area (Å²) in [4.78, 5) is 50.3. The number of benzene rings is 1. The van der Waals surface area contributed by atoms with Crippen molar-refractivity contribution < 1.29 is 24.3 Å². The van der Waals surface area contributed by atoms with E-state index in [2.05, 4.69) is 16.1 Å². The molecule has 3 unspecified atom stereocenters. The SMILES string of the molecule is CC(C)C(=O)NC(C(=O)NC(Cc1cccc(O)c1)C(=O)N1CCCC(C(N)=O)N1)C(C)C. The van der Waals surface area contributed by atoms with Crippen LogP contribution in [0.2, 0.25) is 0 Å². The summed E-state index contributed by atoms with van der Waals surface area (Å²) >= 11 is 0. The maximum Gasteiger partial charge on any atom is 0.259 e. The molecular formula is C23H35N5O5. The third kappa shape index (κ3) is 7.45. The van der Waals surface area contributed by atoms with Crippen LogP contribution in [0.25, 0.3) is 0 Å². The van der Waals surface area contributed by atoms with Crippen molar-refractivity contribution in [3.63, 3.8) is 0 Å². The fourth-order valence-electron chi connectivity index (χ4n) is 3.57. The average Bonchev–Trinajstić information content (AvgIpc) is 2.75. The first-order valence-electron chi connectivity index (χ1n) is 11.2. The molecule has 1 aromatic carbocycles. The lowest BCUT2D eigenvalue weighted by atomic mass is 9.99. The summed E-state index contributed by atoms with van der Waals surface area (Å²) in [5.41, 5.74) is 8.88. The van der Waals surface area contributed by atoms with E-state index < -0.39 is 35.8 Å². The molecule has 0 radical (unpaired) electrons. The molecule has 1 aliphatic rings. The van der Waals surface area contributed by atoms with Gasteiger partial charge in [0.05, 0.1) is 0 Å². The second kappa shape index (κ2) is 11.6. The minimum absolute atomic E-state index is 0.0409. The van der Waals surface area contributed by atoms with Crippen LogP contribution in [0.3, 0.4) is 0 Å². The Morgan fingerprint density at radius 2 is 1.85 bits per heavy atom. The highest BCUT2D eigenvalue weighted by molar-refractivity contribution is 5.92. The number of carbonyl (C=O) groups excluding carboxylic acids is 4. The van der Waals surface area contributed by atoms with Gasteiger partial charge in [0.15, 0.2) is 0 Å².